The molecular formula is C29H30N2O2S. The minimum atomic E-state index is -0.0587. The maximum Gasteiger partial charge on any atom is 0.259 e. The van der Waals surface area contributed by atoms with Crippen LogP contribution in [0.15, 0.2) is 76.5 Å². The van der Waals surface area contributed by atoms with Crippen molar-refractivity contribution in [3.8, 4) is 0 Å². The normalized spacial score (nSPS) is 19.7. The number of rotatable bonds is 4. The van der Waals surface area contributed by atoms with Crippen molar-refractivity contribution in [1.82, 2.24) is 5.32 Å². The summed E-state index contributed by atoms with van der Waals surface area (Å²) < 4.78 is 0. The number of amides is 2. The predicted octanol–water partition coefficient (Wildman–Crippen LogP) is 6.62. The van der Waals surface area contributed by atoms with Crippen molar-refractivity contribution in [3.05, 3.63) is 89.0 Å². The summed E-state index contributed by atoms with van der Waals surface area (Å²) in [5.41, 5.74) is 4.32. The van der Waals surface area contributed by atoms with Crippen molar-refractivity contribution in [1.29, 1.82) is 0 Å². The van der Waals surface area contributed by atoms with Gasteiger partial charge in [0.05, 0.1) is 17.8 Å². The summed E-state index contributed by atoms with van der Waals surface area (Å²) in [6, 6.07) is 21.9. The maximum absolute atomic E-state index is 13.8. The number of nitrogens with zero attached hydrogens (tertiary/aromatic N) is 1. The third-order valence-corrected chi connectivity index (χ3v) is 8.25. The number of fused-ring (bicyclic) bond motifs is 2. The van der Waals surface area contributed by atoms with E-state index in [1.807, 2.05) is 59.5 Å². The molecule has 3 aromatic carbocycles. The molecule has 174 valence electrons. The van der Waals surface area contributed by atoms with Gasteiger partial charge >= 0.3 is 0 Å². The molecule has 2 atom stereocenters. The van der Waals surface area contributed by atoms with E-state index in [4.69, 9.17) is 0 Å². The summed E-state index contributed by atoms with van der Waals surface area (Å²) in [6.45, 7) is 4.74. The van der Waals surface area contributed by atoms with E-state index >= 15 is 0 Å². The van der Waals surface area contributed by atoms with Crippen LogP contribution in [0.1, 0.15) is 64.4 Å². The fraction of sp³-hybridized carbons (Fsp3) is 0.310. The maximum atomic E-state index is 13.8. The van der Waals surface area contributed by atoms with Crippen molar-refractivity contribution >= 4 is 29.3 Å². The van der Waals surface area contributed by atoms with Crippen molar-refractivity contribution in [2.24, 2.45) is 5.92 Å². The fourth-order valence-corrected chi connectivity index (χ4v) is 6.02. The van der Waals surface area contributed by atoms with Gasteiger partial charge in [0.15, 0.2) is 0 Å². The molecule has 0 unspecified atom stereocenters. The van der Waals surface area contributed by atoms with E-state index in [1.165, 1.54) is 6.42 Å². The standard InChI is InChI=1S/C29H30N2O2S/c1-19-9-3-5-11-22(19)18-31-25-17-21(28(32)30-24-13-7-4-10-20(24)2)15-16-27(25)34-26-14-8-6-12-23(26)29(31)33/h3,5-6,8-9,11-12,14-17,20,24H,4,7,10,13,18H2,1-2H3,(H,30,32)/t20-,24-/m0/s1. The molecule has 2 amide bonds. The number of hydrogen-bond acceptors (Lipinski definition) is 3. The molecular weight excluding hydrogens is 440 g/mol. The Kier molecular flexibility index (Phi) is 6.46. The van der Waals surface area contributed by atoms with Crippen molar-refractivity contribution in [2.75, 3.05) is 4.90 Å². The molecule has 3 aromatic rings. The topological polar surface area (TPSA) is 49.4 Å². The van der Waals surface area contributed by atoms with Crippen molar-refractivity contribution in [3.63, 3.8) is 0 Å². The molecule has 1 N–H and O–H groups in total. The Morgan fingerprint density at radius 3 is 2.59 bits per heavy atom. The van der Waals surface area contributed by atoms with Gasteiger partial charge in [-0.3, -0.25) is 9.59 Å². The third-order valence-electron chi connectivity index (χ3n) is 7.11. The van der Waals surface area contributed by atoms with Gasteiger partial charge in [-0.05, 0) is 67.1 Å². The summed E-state index contributed by atoms with van der Waals surface area (Å²) >= 11 is 1.59. The average Bonchev–Trinajstić information content (AvgIpc) is 2.96. The molecule has 0 bridgehead atoms. The van der Waals surface area contributed by atoms with E-state index in [1.54, 1.807) is 11.8 Å². The van der Waals surface area contributed by atoms with Crippen LogP contribution in [-0.4, -0.2) is 17.9 Å². The van der Waals surface area contributed by atoms with Crippen LogP contribution < -0.4 is 10.2 Å². The van der Waals surface area contributed by atoms with Gasteiger partial charge in [-0.25, -0.2) is 0 Å². The second-order valence-electron chi connectivity index (χ2n) is 9.44. The van der Waals surface area contributed by atoms with Gasteiger partial charge in [0.1, 0.15) is 0 Å². The van der Waals surface area contributed by atoms with Crippen LogP contribution in [-0.2, 0) is 6.54 Å². The Morgan fingerprint density at radius 2 is 1.76 bits per heavy atom. The second-order valence-corrected chi connectivity index (χ2v) is 10.5. The van der Waals surface area contributed by atoms with Gasteiger partial charge in [0.2, 0.25) is 0 Å². The van der Waals surface area contributed by atoms with E-state index in [2.05, 4.69) is 31.3 Å². The molecule has 5 rings (SSSR count). The zero-order valence-corrected chi connectivity index (χ0v) is 20.5. The van der Waals surface area contributed by atoms with Crippen LogP contribution >= 0.6 is 11.8 Å². The van der Waals surface area contributed by atoms with Gasteiger partial charge in [-0.1, -0.05) is 67.9 Å². The highest BCUT2D eigenvalue weighted by Gasteiger charge is 2.29. The lowest BCUT2D eigenvalue weighted by Gasteiger charge is -2.29. The van der Waals surface area contributed by atoms with Crippen LogP contribution in [0.25, 0.3) is 0 Å². The first-order valence-corrected chi connectivity index (χ1v) is 12.9. The average molecular weight is 471 g/mol. The third kappa shape index (κ3) is 4.49. The molecule has 0 radical (unpaired) electrons. The number of anilines is 1. The first kappa shape index (κ1) is 22.7. The quantitative estimate of drug-likeness (QED) is 0.466. The zero-order chi connectivity index (χ0) is 23.7. The highest BCUT2D eigenvalue weighted by Crippen LogP contribution is 2.42. The Bertz CT molecular complexity index is 1240. The van der Waals surface area contributed by atoms with Gasteiger partial charge in [-0.2, -0.15) is 0 Å². The molecule has 2 aliphatic rings. The number of nitrogens with one attached hydrogen (secondary N) is 1. The molecule has 0 spiro atoms. The Labute approximate surface area is 205 Å². The van der Waals surface area contributed by atoms with Gasteiger partial charge < -0.3 is 10.2 Å². The number of benzene rings is 3. The fourth-order valence-electron chi connectivity index (χ4n) is 4.96. The lowest BCUT2D eigenvalue weighted by atomic mass is 9.86. The van der Waals surface area contributed by atoms with E-state index in [0.29, 0.717) is 23.6 Å². The number of hydrogen-bond donors (Lipinski definition) is 1. The Balaban J connectivity index is 1.53. The molecule has 1 fully saturated rings. The summed E-state index contributed by atoms with van der Waals surface area (Å²) in [4.78, 5) is 30.7. The molecule has 0 saturated heterocycles. The molecule has 1 saturated carbocycles. The highest BCUT2D eigenvalue weighted by molar-refractivity contribution is 7.99. The van der Waals surface area contributed by atoms with Gasteiger partial charge in [-0.15, -0.1) is 0 Å². The van der Waals surface area contributed by atoms with Crippen LogP contribution in [0.3, 0.4) is 0 Å². The Morgan fingerprint density at radius 1 is 1.00 bits per heavy atom. The van der Waals surface area contributed by atoms with E-state index in [-0.39, 0.29) is 17.9 Å². The molecule has 0 aromatic heterocycles. The zero-order valence-electron chi connectivity index (χ0n) is 19.7. The molecule has 1 heterocycles. The summed E-state index contributed by atoms with van der Waals surface area (Å²) in [5.74, 6) is 0.392. The van der Waals surface area contributed by atoms with E-state index in [0.717, 1.165) is 45.9 Å². The highest BCUT2D eigenvalue weighted by atomic mass is 32.2. The molecule has 1 aliphatic heterocycles. The van der Waals surface area contributed by atoms with Gasteiger partial charge in [0.25, 0.3) is 11.8 Å². The molecule has 34 heavy (non-hydrogen) atoms. The minimum absolute atomic E-state index is 0.0384. The lowest BCUT2D eigenvalue weighted by molar-refractivity contribution is 0.0908. The SMILES string of the molecule is Cc1ccccc1CN1C(=O)c2ccccc2Sc2ccc(C(=O)N[C@H]3CCCC[C@@H]3C)cc21. The molecule has 5 heteroatoms. The predicted molar refractivity (Wildman–Crippen MR) is 138 cm³/mol. The second kappa shape index (κ2) is 9.67. The van der Waals surface area contributed by atoms with E-state index in [9.17, 15) is 9.59 Å². The first-order valence-electron chi connectivity index (χ1n) is 12.1. The van der Waals surface area contributed by atoms with Crippen molar-refractivity contribution in [2.45, 2.75) is 61.9 Å². The van der Waals surface area contributed by atoms with Crippen LogP contribution in [0, 0.1) is 12.8 Å². The summed E-state index contributed by atoms with van der Waals surface area (Å²) in [5, 5.41) is 3.26. The number of carbonyl (C=O) groups excluding carboxylic acids is 2. The van der Waals surface area contributed by atoms with Crippen LogP contribution in [0.4, 0.5) is 5.69 Å². The van der Waals surface area contributed by atoms with Crippen molar-refractivity contribution < 1.29 is 9.59 Å². The lowest BCUT2D eigenvalue weighted by Crippen LogP contribution is -2.41. The van der Waals surface area contributed by atoms with E-state index < -0.39 is 0 Å². The monoisotopic (exact) mass is 470 g/mol. The minimum Gasteiger partial charge on any atom is -0.349 e. The van der Waals surface area contributed by atoms with Crippen LogP contribution in [0.5, 0.6) is 0 Å². The molecule has 4 nitrogen and oxygen atoms in total. The summed E-state index contributed by atoms with van der Waals surface area (Å²) in [6.07, 6.45) is 4.58. The summed E-state index contributed by atoms with van der Waals surface area (Å²) in [7, 11) is 0. The van der Waals surface area contributed by atoms with Crippen LogP contribution in [0.2, 0.25) is 0 Å². The largest absolute Gasteiger partial charge is 0.349 e. The number of carbonyl (C=O) groups is 2. The Hall–Kier alpha value is -3.05. The first-order chi connectivity index (χ1) is 16.5. The molecule has 1 aliphatic carbocycles. The number of aryl methyl sites for hydroxylation is 1. The van der Waals surface area contributed by atoms with Gasteiger partial charge in [0, 0.05) is 21.4 Å². The smallest absolute Gasteiger partial charge is 0.259 e.